The Balaban J connectivity index is 2.12. The van der Waals surface area contributed by atoms with E-state index in [1.807, 2.05) is 13.8 Å². The highest BCUT2D eigenvalue weighted by Crippen LogP contribution is 2.30. The summed E-state index contributed by atoms with van der Waals surface area (Å²) in [5, 5.41) is 0. The fourth-order valence-corrected chi connectivity index (χ4v) is 2.43. The van der Waals surface area contributed by atoms with Crippen molar-refractivity contribution in [1.82, 2.24) is 9.97 Å². The average molecular weight is 271 g/mol. The minimum Gasteiger partial charge on any atom is -0.296 e. The molecule has 102 valence electrons. The maximum atomic E-state index is 13.0. The number of carbonyl (C=O) groups excluding carboxylic acids is 1. The van der Waals surface area contributed by atoms with Crippen LogP contribution in [0.5, 0.6) is 0 Å². The van der Waals surface area contributed by atoms with Crippen molar-refractivity contribution in [3.8, 4) is 11.4 Å². The van der Waals surface area contributed by atoms with Crippen molar-refractivity contribution >= 4 is 11.7 Å². The molecule has 0 unspecified atom stereocenters. The van der Waals surface area contributed by atoms with E-state index in [0.29, 0.717) is 24.6 Å². The van der Waals surface area contributed by atoms with Gasteiger partial charge in [-0.2, -0.15) is 0 Å². The number of fused-ring (bicyclic) bond motifs is 1. The monoisotopic (exact) mass is 271 g/mol. The van der Waals surface area contributed by atoms with E-state index in [-0.39, 0.29) is 11.7 Å². The molecule has 0 saturated carbocycles. The third kappa shape index (κ3) is 1.95. The molecule has 1 aliphatic heterocycles. The molecule has 1 aliphatic rings. The molecule has 5 heteroatoms. The molecule has 4 nitrogen and oxygen atoms in total. The molecule has 2 heterocycles. The van der Waals surface area contributed by atoms with Crippen molar-refractivity contribution in [1.29, 1.82) is 0 Å². The van der Waals surface area contributed by atoms with Crippen LogP contribution in [0.25, 0.3) is 11.4 Å². The smallest absolute Gasteiger partial charge is 0.232 e. The Kier molecular flexibility index (Phi) is 2.97. The van der Waals surface area contributed by atoms with Gasteiger partial charge < -0.3 is 0 Å². The average Bonchev–Trinajstić information content (AvgIpc) is 2.75. The van der Waals surface area contributed by atoms with E-state index in [1.165, 1.54) is 12.1 Å². The van der Waals surface area contributed by atoms with E-state index >= 15 is 0 Å². The Morgan fingerprint density at radius 2 is 1.95 bits per heavy atom. The summed E-state index contributed by atoms with van der Waals surface area (Å²) >= 11 is 0. The van der Waals surface area contributed by atoms with Gasteiger partial charge in [-0.1, -0.05) is 0 Å². The summed E-state index contributed by atoms with van der Waals surface area (Å²) in [6.07, 6.45) is 0.360. The first-order valence-corrected chi connectivity index (χ1v) is 6.54. The number of hydrogen-bond acceptors (Lipinski definition) is 3. The number of amides is 1. The number of benzene rings is 1. The SMILES string of the molecule is CCN1C(=O)Cc2c(C)nc(-c3ccc(F)cc3)nc21. The van der Waals surface area contributed by atoms with Gasteiger partial charge in [-0.15, -0.1) is 0 Å². The predicted molar refractivity (Wildman–Crippen MR) is 73.9 cm³/mol. The number of halogens is 1. The Morgan fingerprint density at radius 3 is 2.60 bits per heavy atom. The van der Waals surface area contributed by atoms with Gasteiger partial charge in [0.05, 0.1) is 6.42 Å². The first kappa shape index (κ1) is 12.7. The van der Waals surface area contributed by atoms with Crippen LogP contribution in [0, 0.1) is 12.7 Å². The number of hydrogen-bond donors (Lipinski definition) is 0. The van der Waals surface area contributed by atoms with Crippen molar-refractivity contribution in [3.63, 3.8) is 0 Å². The maximum Gasteiger partial charge on any atom is 0.232 e. The zero-order chi connectivity index (χ0) is 14.3. The Hall–Kier alpha value is -2.30. The number of aromatic nitrogens is 2. The number of rotatable bonds is 2. The van der Waals surface area contributed by atoms with E-state index in [9.17, 15) is 9.18 Å². The molecular weight excluding hydrogens is 257 g/mol. The molecule has 2 aromatic rings. The molecule has 20 heavy (non-hydrogen) atoms. The first-order chi connectivity index (χ1) is 9.60. The van der Waals surface area contributed by atoms with Crippen molar-refractivity contribution < 1.29 is 9.18 Å². The van der Waals surface area contributed by atoms with Crippen LogP contribution in [0.3, 0.4) is 0 Å². The van der Waals surface area contributed by atoms with Crippen LogP contribution in [-0.4, -0.2) is 22.4 Å². The summed E-state index contributed by atoms with van der Waals surface area (Å²) in [5.74, 6) is 0.965. The lowest BCUT2D eigenvalue weighted by Gasteiger charge is -2.14. The predicted octanol–water partition coefficient (Wildman–Crippen LogP) is 2.50. The molecule has 1 aromatic heterocycles. The van der Waals surface area contributed by atoms with E-state index < -0.39 is 0 Å². The summed E-state index contributed by atoms with van der Waals surface area (Å²) in [5.41, 5.74) is 2.44. The minimum atomic E-state index is -0.294. The van der Waals surface area contributed by atoms with Crippen LogP contribution in [-0.2, 0) is 11.2 Å². The van der Waals surface area contributed by atoms with Crippen molar-refractivity contribution in [2.75, 3.05) is 11.4 Å². The molecule has 0 saturated heterocycles. The molecular formula is C15H14FN3O. The molecule has 0 aliphatic carbocycles. The second-order valence-electron chi connectivity index (χ2n) is 4.76. The van der Waals surface area contributed by atoms with E-state index in [2.05, 4.69) is 9.97 Å². The summed E-state index contributed by atoms with van der Waals surface area (Å²) in [6.45, 7) is 4.38. The van der Waals surface area contributed by atoms with Gasteiger partial charge >= 0.3 is 0 Å². The summed E-state index contributed by atoms with van der Waals surface area (Å²) in [4.78, 5) is 22.5. The number of aryl methyl sites for hydroxylation is 1. The molecule has 0 spiro atoms. The molecule has 1 aromatic carbocycles. The molecule has 0 N–H and O–H groups in total. The molecule has 1 amide bonds. The van der Waals surface area contributed by atoms with Crippen LogP contribution < -0.4 is 4.90 Å². The van der Waals surface area contributed by atoms with Gasteiger partial charge in [-0.25, -0.2) is 14.4 Å². The highest BCUT2D eigenvalue weighted by atomic mass is 19.1. The van der Waals surface area contributed by atoms with E-state index in [0.717, 1.165) is 16.8 Å². The molecule has 0 atom stereocenters. The van der Waals surface area contributed by atoms with Gasteiger partial charge in [0, 0.05) is 23.4 Å². The zero-order valence-electron chi connectivity index (χ0n) is 11.4. The first-order valence-electron chi connectivity index (χ1n) is 6.54. The maximum absolute atomic E-state index is 13.0. The number of carbonyl (C=O) groups is 1. The fraction of sp³-hybridized carbons (Fsp3) is 0.267. The van der Waals surface area contributed by atoms with Crippen LogP contribution in [0.1, 0.15) is 18.2 Å². The summed E-state index contributed by atoms with van der Waals surface area (Å²) < 4.78 is 13.0. The quantitative estimate of drug-likeness (QED) is 0.843. The van der Waals surface area contributed by atoms with Gasteiger partial charge in [0.15, 0.2) is 5.82 Å². The second-order valence-corrected chi connectivity index (χ2v) is 4.76. The Labute approximate surface area is 116 Å². The Morgan fingerprint density at radius 1 is 1.25 bits per heavy atom. The third-order valence-corrected chi connectivity index (χ3v) is 3.50. The minimum absolute atomic E-state index is 0.0520. The van der Waals surface area contributed by atoms with Gasteiger partial charge in [-0.3, -0.25) is 9.69 Å². The van der Waals surface area contributed by atoms with Gasteiger partial charge in [0.1, 0.15) is 11.6 Å². The summed E-state index contributed by atoms with van der Waals surface area (Å²) in [7, 11) is 0. The number of likely N-dealkylation sites (N-methyl/N-ethyl adjacent to an activating group) is 1. The highest BCUT2D eigenvalue weighted by molar-refractivity contribution is 6.00. The zero-order valence-corrected chi connectivity index (χ0v) is 11.4. The van der Waals surface area contributed by atoms with Crippen LogP contribution in [0.4, 0.5) is 10.2 Å². The van der Waals surface area contributed by atoms with Crippen molar-refractivity contribution in [2.45, 2.75) is 20.3 Å². The third-order valence-electron chi connectivity index (χ3n) is 3.50. The van der Waals surface area contributed by atoms with Crippen LogP contribution >= 0.6 is 0 Å². The lowest BCUT2D eigenvalue weighted by molar-refractivity contribution is -0.117. The fourth-order valence-electron chi connectivity index (χ4n) is 2.43. The molecule has 0 radical (unpaired) electrons. The number of anilines is 1. The van der Waals surface area contributed by atoms with Gasteiger partial charge in [-0.05, 0) is 38.1 Å². The molecule has 0 fully saturated rings. The van der Waals surface area contributed by atoms with Crippen LogP contribution in [0.15, 0.2) is 24.3 Å². The highest BCUT2D eigenvalue weighted by Gasteiger charge is 2.30. The lowest BCUT2D eigenvalue weighted by atomic mass is 10.1. The topological polar surface area (TPSA) is 46.1 Å². The lowest BCUT2D eigenvalue weighted by Crippen LogP contribution is -2.26. The standard InChI is InChI=1S/C15H14FN3O/c1-3-19-13(20)8-12-9(2)17-14(18-15(12)19)10-4-6-11(16)7-5-10/h4-7H,3,8H2,1-2H3. The van der Waals surface area contributed by atoms with E-state index in [1.54, 1.807) is 17.0 Å². The molecule has 3 rings (SSSR count). The summed E-state index contributed by atoms with van der Waals surface area (Å²) in [6, 6.07) is 6.04. The normalized spacial score (nSPS) is 13.8. The van der Waals surface area contributed by atoms with Crippen molar-refractivity contribution in [3.05, 3.63) is 41.3 Å². The largest absolute Gasteiger partial charge is 0.296 e. The second kappa shape index (κ2) is 4.67. The van der Waals surface area contributed by atoms with Gasteiger partial charge in [0.25, 0.3) is 0 Å². The number of nitrogens with zero attached hydrogens (tertiary/aromatic N) is 3. The Bertz CT molecular complexity index is 682. The van der Waals surface area contributed by atoms with Crippen LogP contribution in [0.2, 0.25) is 0 Å². The van der Waals surface area contributed by atoms with E-state index in [4.69, 9.17) is 0 Å². The van der Waals surface area contributed by atoms with Gasteiger partial charge in [0.2, 0.25) is 5.91 Å². The van der Waals surface area contributed by atoms with Crippen molar-refractivity contribution in [2.24, 2.45) is 0 Å². The molecule has 0 bridgehead atoms.